The van der Waals surface area contributed by atoms with Crippen LogP contribution in [0.3, 0.4) is 0 Å². The van der Waals surface area contributed by atoms with Crippen molar-refractivity contribution in [3.8, 4) is 5.75 Å². The van der Waals surface area contributed by atoms with Gasteiger partial charge >= 0.3 is 6.09 Å². The van der Waals surface area contributed by atoms with Crippen molar-refractivity contribution in [1.29, 1.82) is 0 Å². The Bertz CT molecular complexity index is 603. The van der Waals surface area contributed by atoms with Crippen molar-refractivity contribution in [2.24, 2.45) is 4.99 Å². The standard InChI is InChI=1S/C20H34N4O3.HI/c1-6-7-13-26-17-10-8-9-16(14-17)15-24-18(21-5)22-11-12-23-19(25)27-20(2,3)4;/h8-10,14H,6-7,11-13,15H2,1-5H3,(H,23,25)(H2,21,22,24);1H. The van der Waals surface area contributed by atoms with Gasteiger partial charge < -0.3 is 25.4 Å². The lowest BCUT2D eigenvalue weighted by atomic mass is 10.2. The van der Waals surface area contributed by atoms with Gasteiger partial charge in [-0.05, 0) is 44.9 Å². The Kier molecular flexibility index (Phi) is 13.4. The molecule has 0 spiro atoms. The van der Waals surface area contributed by atoms with Crippen LogP contribution in [-0.4, -0.2) is 44.4 Å². The molecule has 0 aliphatic carbocycles. The third-order valence-electron chi connectivity index (χ3n) is 3.43. The van der Waals surface area contributed by atoms with Crippen LogP contribution in [0.4, 0.5) is 4.79 Å². The highest BCUT2D eigenvalue weighted by atomic mass is 127. The van der Waals surface area contributed by atoms with Crippen LogP contribution < -0.4 is 20.7 Å². The molecule has 0 heterocycles. The predicted octanol–water partition coefficient (Wildman–Crippen LogP) is 3.67. The smallest absolute Gasteiger partial charge is 0.407 e. The van der Waals surface area contributed by atoms with Gasteiger partial charge in [0.1, 0.15) is 11.4 Å². The van der Waals surface area contributed by atoms with Crippen LogP contribution in [0.5, 0.6) is 5.75 Å². The minimum atomic E-state index is -0.496. The van der Waals surface area contributed by atoms with Gasteiger partial charge in [0.2, 0.25) is 0 Å². The number of guanidine groups is 1. The molecule has 0 fully saturated rings. The summed E-state index contributed by atoms with van der Waals surface area (Å²) in [5.41, 5.74) is 0.614. The number of nitrogens with one attached hydrogen (secondary N) is 3. The van der Waals surface area contributed by atoms with E-state index in [1.54, 1.807) is 7.05 Å². The lowest BCUT2D eigenvalue weighted by molar-refractivity contribution is 0.0529. The Balaban J connectivity index is 0.00000729. The summed E-state index contributed by atoms with van der Waals surface area (Å²) in [5, 5.41) is 9.10. The molecule has 0 aliphatic heterocycles. The normalized spacial score (nSPS) is 11.2. The quantitative estimate of drug-likeness (QED) is 0.206. The van der Waals surface area contributed by atoms with E-state index in [9.17, 15) is 4.79 Å². The van der Waals surface area contributed by atoms with E-state index in [1.807, 2.05) is 45.0 Å². The molecule has 1 aromatic carbocycles. The molecule has 0 radical (unpaired) electrons. The summed E-state index contributed by atoms with van der Waals surface area (Å²) in [6.45, 7) is 9.99. The summed E-state index contributed by atoms with van der Waals surface area (Å²) in [6.07, 6.45) is 1.75. The number of aliphatic imine (C=N–C) groups is 1. The third-order valence-corrected chi connectivity index (χ3v) is 3.43. The van der Waals surface area contributed by atoms with Crippen LogP contribution in [0.15, 0.2) is 29.3 Å². The van der Waals surface area contributed by atoms with Crippen LogP contribution in [0.1, 0.15) is 46.1 Å². The highest BCUT2D eigenvalue weighted by molar-refractivity contribution is 14.0. The number of nitrogens with zero attached hydrogens (tertiary/aromatic N) is 1. The van der Waals surface area contributed by atoms with E-state index in [-0.39, 0.29) is 24.0 Å². The number of halogens is 1. The first-order valence-electron chi connectivity index (χ1n) is 9.47. The monoisotopic (exact) mass is 506 g/mol. The molecule has 7 nitrogen and oxygen atoms in total. The van der Waals surface area contributed by atoms with E-state index >= 15 is 0 Å². The molecule has 3 N–H and O–H groups in total. The second kappa shape index (κ2) is 14.3. The molecule has 8 heteroatoms. The Morgan fingerprint density at radius 3 is 2.50 bits per heavy atom. The number of hydrogen-bond donors (Lipinski definition) is 3. The number of benzene rings is 1. The van der Waals surface area contributed by atoms with Crippen molar-refractivity contribution in [3.05, 3.63) is 29.8 Å². The fourth-order valence-corrected chi connectivity index (χ4v) is 2.15. The molecule has 0 unspecified atom stereocenters. The number of amides is 1. The summed E-state index contributed by atoms with van der Waals surface area (Å²) >= 11 is 0. The number of rotatable bonds is 9. The summed E-state index contributed by atoms with van der Waals surface area (Å²) in [7, 11) is 1.71. The van der Waals surface area contributed by atoms with E-state index in [2.05, 4.69) is 27.9 Å². The Morgan fingerprint density at radius 1 is 1.14 bits per heavy atom. The van der Waals surface area contributed by atoms with Gasteiger partial charge in [-0.1, -0.05) is 25.5 Å². The largest absolute Gasteiger partial charge is 0.494 e. The zero-order valence-corrected chi connectivity index (χ0v) is 20.0. The molecule has 0 aromatic heterocycles. The first kappa shape index (κ1) is 26.3. The van der Waals surface area contributed by atoms with E-state index in [0.29, 0.717) is 25.6 Å². The molecule has 1 amide bonds. The maximum Gasteiger partial charge on any atom is 0.407 e. The van der Waals surface area contributed by atoms with Crippen LogP contribution in [0, 0.1) is 0 Å². The molecule has 0 bridgehead atoms. The van der Waals surface area contributed by atoms with Crippen LogP contribution in [0.2, 0.25) is 0 Å². The minimum absolute atomic E-state index is 0. The number of alkyl carbamates (subject to hydrolysis) is 1. The average Bonchev–Trinajstić information content (AvgIpc) is 2.60. The molecule has 28 heavy (non-hydrogen) atoms. The topological polar surface area (TPSA) is 84.0 Å². The van der Waals surface area contributed by atoms with Gasteiger partial charge in [-0.15, -0.1) is 24.0 Å². The van der Waals surface area contributed by atoms with Crippen molar-refractivity contribution in [2.75, 3.05) is 26.7 Å². The molecular formula is C20H35IN4O3. The fraction of sp³-hybridized carbons (Fsp3) is 0.600. The number of carbonyl (C=O) groups excluding carboxylic acids is 1. The Labute approximate surface area is 186 Å². The number of unbranched alkanes of at least 4 members (excludes halogenated alkanes) is 1. The minimum Gasteiger partial charge on any atom is -0.494 e. The summed E-state index contributed by atoms with van der Waals surface area (Å²) in [5.74, 6) is 1.55. The lowest BCUT2D eigenvalue weighted by Gasteiger charge is -2.20. The summed E-state index contributed by atoms with van der Waals surface area (Å²) in [4.78, 5) is 15.8. The zero-order chi connectivity index (χ0) is 20.1. The van der Waals surface area contributed by atoms with Crippen LogP contribution in [0.25, 0.3) is 0 Å². The van der Waals surface area contributed by atoms with E-state index < -0.39 is 11.7 Å². The third kappa shape index (κ3) is 12.6. The van der Waals surface area contributed by atoms with E-state index in [0.717, 1.165) is 30.8 Å². The maximum atomic E-state index is 11.6. The van der Waals surface area contributed by atoms with Crippen molar-refractivity contribution in [2.45, 2.75) is 52.7 Å². The maximum absolute atomic E-state index is 11.6. The fourth-order valence-electron chi connectivity index (χ4n) is 2.15. The van der Waals surface area contributed by atoms with Gasteiger partial charge in [0.25, 0.3) is 0 Å². The summed E-state index contributed by atoms with van der Waals surface area (Å²) in [6, 6.07) is 8.02. The Morgan fingerprint density at radius 2 is 1.86 bits per heavy atom. The van der Waals surface area contributed by atoms with E-state index in [4.69, 9.17) is 9.47 Å². The Hall–Kier alpha value is -1.71. The molecule has 1 aromatic rings. The molecule has 1 rings (SSSR count). The van der Waals surface area contributed by atoms with Gasteiger partial charge in [-0.3, -0.25) is 4.99 Å². The number of ether oxygens (including phenoxy) is 2. The highest BCUT2D eigenvalue weighted by Gasteiger charge is 2.15. The second-order valence-electron chi connectivity index (χ2n) is 7.13. The first-order chi connectivity index (χ1) is 12.8. The average molecular weight is 506 g/mol. The summed E-state index contributed by atoms with van der Waals surface area (Å²) < 4.78 is 10.9. The van der Waals surface area contributed by atoms with Crippen LogP contribution in [-0.2, 0) is 11.3 Å². The van der Waals surface area contributed by atoms with E-state index in [1.165, 1.54) is 0 Å². The SMILES string of the molecule is CCCCOc1cccc(CNC(=NC)NCCNC(=O)OC(C)(C)C)c1.I. The predicted molar refractivity (Wildman–Crippen MR) is 125 cm³/mol. The van der Waals surface area contributed by atoms with Gasteiger partial charge in [-0.25, -0.2) is 4.79 Å². The lowest BCUT2D eigenvalue weighted by Crippen LogP contribution is -2.42. The van der Waals surface area contributed by atoms with Crippen molar-refractivity contribution >= 4 is 36.0 Å². The number of carbonyl (C=O) groups is 1. The van der Waals surface area contributed by atoms with Crippen molar-refractivity contribution in [1.82, 2.24) is 16.0 Å². The first-order valence-corrected chi connectivity index (χ1v) is 9.47. The number of hydrogen-bond acceptors (Lipinski definition) is 4. The molecule has 0 atom stereocenters. The second-order valence-corrected chi connectivity index (χ2v) is 7.13. The van der Waals surface area contributed by atoms with Gasteiger partial charge in [-0.2, -0.15) is 0 Å². The van der Waals surface area contributed by atoms with Gasteiger partial charge in [0.15, 0.2) is 5.96 Å². The van der Waals surface area contributed by atoms with Crippen molar-refractivity contribution < 1.29 is 14.3 Å². The molecule has 0 aliphatic rings. The highest BCUT2D eigenvalue weighted by Crippen LogP contribution is 2.13. The van der Waals surface area contributed by atoms with Crippen LogP contribution >= 0.6 is 24.0 Å². The molecular weight excluding hydrogens is 471 g/mol. The van der Waals surface area contributed by atoms with Crippen molar-refractivity contribution in [3.63, 3.8) is 0 Å². The molecule has 0 saturated heterocycles. The van der Waals surface area contributed by atoms with Gasteiger partial charge in [0.05, 0.1) is 6.61 Å². The van der Waals surface area contributed by atoms with Gasteiger partial charge in [0, 0.05) is 26.7 Å². The molecule has 0 saturated carbocycles. The zero-order valence-electron chi connectivity index (χ0n) is 17.6. The molecule has 160 valence electrons.